The molecule has 0 aliphatic rings. The number of aromatic nitrogens is 1. The molecule has 1 atom stereocenters. The third kappa shape index (κ3) is 2.50. The van der Waals surface area contributed by atoms with Crippen molar-refractivity contribution in [1.29, 1.82) is 0 Å². The lowest BCUT2D eigenvalue weighted by Gasteiger charge is -2.21. The molecule has 1 heterocycles. The standard InChI is InChI=1S/C9H11FN2O2/c1-9(11,5-8(13)14)6-3-2-4-7(10)12-6/h2-4H,5,11H2,1H3,(H,13,14)/t9-/m1/s1. The molecule has 4 nitrogen and oxygen atoms in total. The van der Waals surface area contributed by atoms with Crippen LogP contribution in [0.4, 0.5) is 4.39 Å². The zero-order valence-electron chi connectivity index (χ0n) is 7.70. The van der Waals surface area contributed by atoms with Gasteiger partial charge in [-0.2, -0.15) is 4.39 Å². The highest BCUT2D eigenvalue weighted by Gasteiger charge is 2.26. The summed E-state index contributed by atoms with van der Waals surface area (Å²) in [5, 5.41) is 8.58. The molecule has 0 fully saturated rings. The Labute approximate surface area is 80.6 Å². The molecule has 0 aliphatic heterocycles. The fraction of sp³-hybridized carbons (Fsp3) is 0.333. The van der Waals surface area contributed by atoms with E-state index in [2.05, 4.69) is 4.98 Å². The summed E-state index contributed by atoms with van der Waals surface area (Å²) < 4.78 is 12.7. The fourth-order valence-electron chi connectivity index (χ4n) is 1.13. The van der Waals surface area contributed by atoms with E-state index in [0.29, 0.717) is 0 Å². The Kier molecular flexibility index (Phi) is 2.81. The van der Waals surface area contributed by atoms with Gasteiger partial charge in [0.25, 0.3) is 0 Å². The summed E-state index contributed by atoms with van der Waals surface area (Å²) in [5.41, 5.74) is 4.79. The van der Waals surface area contributed by atoms with Crippen LogP contribution in [0.1, 0.15) is 19.0 Å². The minimum Gasteiger partial charge on any atom is -0.481 e. The highest BCUT2D eigenvalue weighted by atomic mass is 19.1. The van der Waals surface area contributed by atoms with E-state index in [1.165, 1.54) is 25.1 Å². The summed E-state index contributed by atoms with van der Waals surface area (Å²) in [6.45, 7) is 1.50. The average molecular weight is 198 g/mol. The molecule has 1 aromatic rings. The molecule has 0 unspecified atom stereocenters. The van der Waals surface area contributed by atoms with Crippen molar-refractivity contribution in [3.63, 3.8) is 0 Å². The predicted molar refractivity (Wildman–Crippen MR) is 48.0 cm³/mol. The molecule has 14 heavy (non-hydrogen) atoms. The van der Waals surface area contributed by atoms with Crippen molar-refractivity contribution in [3.05, 3.63) is 29.8 Å². The molecule has 1 aromatic heterocycles. The molecule has 5 heteroatoms. The number of nitrogens with two attached hydrogens (primary N) is 1. The normalized spacial score (nSPS) is 14.8. The fourth-order valence-corrected chi connectivity index (χ4v) is 1.13. The van der Waals surface area contributed by atoms with Crippen molar-refractivity contribution in [2.24, 2.45) is 5.73 Å². The monoisotopic (exact) mass is 198 g/mol. The van der Waals surface area contributed by atoms with E-state index < -0.39 is 17.5 Å². The highest BCUT2D eigenvalue weighted by molar-refractivity contribution is 5.68. The molecule has 0 amide bonds. The van der Waals surface area contributed by atoms with Gasteiger partial charge >= 0.3 is 5.97 Å². The minimum atomic E-state index is -1.14. The van der Waals surface area contributed by atoms with Crippen molar-refractivity contribution in [3.8, 4) is 0 Å². The van der Waals surface area contributed by atoms with E-state index >= 15 is 0 Å². The number of rotatable bonds is 3. The maximum atomic E-state index is 12.7. The van der Waals surface area contributed by atoms with Gasteiger partial charge in [0.05, 0.1) is 17.7 Å². The summed E-state index contributed by atoms with van der Waals surface area (Å²) in [6, 6.07) is 4.14. The average Bonchev–Trinajstić information content (AvgIpc) is 2.01. The molecule has 0 aliphatic carbocycles. The van der Waals surface area contributed by atoms with Gasteiger partial charge in [-0.15, -0.1) is 0 Å². The van der Waals surface area contributed by atoms with Crippen molar-refractivity contribution in [2.45, 2.75) is 18.9 Å². The van der Waals surface area contributed by atoms with Gasteiger partial charge in [-0.25, -0.2) is 4.98 Å². The first-order chi connectivity index (χ1) is 6.42. The predicted octanol–water partition coefficient (Wildman–Crippen LogP) is 0.869. The first kappa shape index (κ1) is 10.6. The molecule has 1 rings (SSSR count). The zero-order valence-corrected chi connectivity index (χ0v) is 7.70. The second-order valence-electron chi connectivity index (χ2n) is 3.33. The number of carboxylic acids is 1. The van der Waals surface area contributed by atoms with E-state index in [4.69, 9.17) is 10.8 Å². The number of nitrogens with zero attached hydrogens (tertiary/aromatic N) is 1. The molecule has 0 radical (unpaired) electrons. The van der Waals surface area contributed by atoms with E-state index in [9.17, 15) is 9.18 Å². The molecule has 0 bridgehead atoms. The summed E-state index contributed by atoms with van der Waals surface area (Å²) in [5.74, 6) is -1.70. The molecule has 0 spiro atoms. The van der Waals surface area contributed by atoms with Crippen molar-refractivity contribution in [2.75, 3.05) is 0 Å². The number of hydrogen-bond donors (Lipinski definition) is 2. The van der Waals surface area contributed by atoms with Crippen LogP contribution in [0.3, 0.4) is 0 Å². The van der Waals surface area contributed by atoms with Crippen LogP contribution in [-0.4, -0.2) is 16.1 Å². The molecular formula is C9H11FN2O2. The number of carbonyl (C=O) groups is 1. The number of carboxylic acid groups (broad SMARTS) is 1. The third-order valence-corrected chi connectivity index (χ3v) is 1.82. The Bertz CT molecular complexity index is 352. The van der Waals surface area contributed by atoms with Gasteiger partial charge in [-0.05, 0) is 19.1 Å². The van der Waals surface area contributed by atoms with Crippen LogP contribution >= 0.6 is 0 Å². The van der Waals surface area contributed by atoms with E-state index in [-0.39, 0.29) is 12.1 Å². The number of aliphatic carboxylic acids is 1. The lowest BCUT2D eigenvalue weighted by Crippen LogP contribution is -2.36. The lowest BCUT2D eigenvalue weighted by atomic mass is 9.94. The van der Waals surface area contributed by atoms with E-state index in [1.54, 1.807) is 0 Å². The Morgan fingerprint density at radius 2 is 2.36 bits per heavy atom. The number of halogens is 1. The first-order valence-corrected chi connectivity index (χ1v) is 4.05. The van der Waals surface area contributed by atoms with Gasteiger partial charge in [-0.1, -0.05) is 6.07 Å². The van der Waals surface area contributed by atoms with Crippen LogP contribution in [0, 0.1) is 5.95 Å². The summed E-state index contributed by atoms with van der Waals surface area (Å²) in [4.78, 5) is 14.0. The van der Waals surface area contributed by atoms with Gasteiger partial charge in [0.15, 0.2) is 0 Å². The Morgan fingerprint density at radius 3 is 2.86 bits per heavy atom. The Balaban J connectivity index is 2.97. The lowest BCUT2D eigenvalue weighted by molar-refractivity contribution is -0.138. The summed E-state index contributed by atoms with van der Waals surface area (Å²) in [7, 11) is 0. The van der Waals surface area contributed by atoms with Gasteiger partial charge in [-0.3, -0.25) is 4.79 Å². The van der Waals surface area contributed by atoms with Crippen LogP contribution in [-0.2, 0) is 10.3 Å². The van der Waals surface area contributed by atoms with Gasteiger partial charge in [0.1, 0.15) is 0 Å². The number of hydrogen-bond acceptors (Lipinski definition) is 3. The Morgan fingerprint density at radius 1 is 1.71 bits per heavy atom. The molecular weight excluding hydrogens is 187 g/mol. The highest BCUT2D eigenvalue weighted by Crippen LogP contribution is 2.19. The largest absolute Gasteiger partial charge is 0.481 e. The zero-order chi connectivity index (χ0) is 10.8. The summed E-state index contributed by atoms with van der Waals surface area (Å²) >= 11 is 0. The molecule has 76 valence electrons. The van der Waals surface area contributed by atoms with E-state index in [1.807, 2.05) is 0 Å². The van der Waals surface area contributed by atoms with Crippen LogP contribution < -0.4 is 5.73 Å². The smallest absolute Gasteiger partial charge is 0.305 e. The topological polar surface area (TPSA) is 76.2 Å². The maximum Gasteiger partial charge on any atom is 0.305 e. The SMILES string of the molecule is C[C@@](N)(CC(=O)O)c1cccc(F)n1. The summed E-state index contributed by atoms with van der Waals surface area (Å²) in [6.07, 6.45) is -0.288. The van der Waals surface area contributed by atoms with Gasteiger partial charge in [0, 0.05) is 0 Å². The van der Waals surface area contributed by atoms with Crippen molar-refractivity contribution >= 4 is 5.97 Å². The van der Waals surface area contributed by atoms with Gasteiger partial charge < -0.3 is 10.8 Å². The third-order valence-electron chi connectivity index (χ3n) is 1.82. The van der Waals surface area contributed by atoms with Crippen molar-refractivity contribution in [1.82, 2.24) is 4.98 Å². The van der Waals surface area contributed by atoms with Crippen LogP contribution in [0.2, 0.25) is 0 Å². The molecule has 0 saturated heterocycles. The van der Waals surface area contributed by atoms with Crippen LogP contribution in [0.15, 0.2) is 18.2 Å². The van der Waals surface area contributed by atoms with Gasteiger partial charge in [0.2, 0.25) is 5.95 Å². The van der Waals surface area contributed by atoms with Crippen LogP contribution in [0.25, 0.3) is 0 Å². The number of pyridine rings is 1. The second kappa shape index (κ2) is 3.71. The maximum absolute atomic E-state index is 12.7. The molecule has 3 N–H and O–H groups in total. The van der Waals surface area contributed by atoms with Crippen molar-refractivity contribution < 1.29 is 14.3 Å². The molecule has 0 aromatic carbocycles. The second-order valence-corrected chi connectivity index (χ2v) is 3.33. The minimum absolute atomic E-state index is 0.236. The Hall–Kier alpha value is -1.49. The first-order valence-electron chi connectivity index (χ1n) is 4.05. The van der Waals surface area contributed by atoms with E-state index in [0.717, 1.165) is 0 Å². The quantitative estimate of drug-likeness (QED) is 0.706. The van der Waals surface area contributed by atoms with Crippen LogP contribution in [0.5, 0.6) is 0 Å². The molecule has 0 saturated carbocycles.